The van der Waals surface area contributed by atoms with Crippen molar-refractivity contribution in [3.63, 3.8) is 0 Å². The van der Waals surface area contributed by atoms with Gasteiger partial charge in [0.2, 0.25) is 11.9 Å². The van der Waals surface area contributed by atoms with Gasteiger partial charge in [0.15, 0.2) is 0 Å². The van der Waals surface area contributed by atoms with Gasteiger partial charge in [0.25, 0.3) is 0 Å². The number of amides is 1. The zero-order valence-corrected chi connectivity index (χ0v) is 15.8. The summed E-state index contributed by atoms with van der Waals surface area (Å²) in [6.07, 6.45) is 0.452. The molecule has 1 aromatic carbocycles. The minimum atomic E-state index is -0.313. The lowest BCUT2D eigenvalue weighted by Gasteiger charge is -2.12. The van der Waals surface area contributed by atoms with Gasteiger partial charge in [0.1, 0.15) is 10.8 Å². The van der Waals surface area contributed by atoms with Gasteiger partial charge in [-0.15, -0.1) is 0 Å². The molecule has 3 rings (SSSR count). The van der Waals surface area contributed by atoms with Crippen LogP contribution in [0.15, 0.2) is 17.2 Å². The highest BCUT2D eigenvalue weighted by Gasteiger charge is 2.33. The summed E-state index contributed by atoms with van der Waals surface area (Å²) < 4.78 is 0. The third kappa shape index (κ3) is 3.63. The number of fused-ring (bicyclic) bond motifs is 1. The molecule has 0 aliphatic carbocycles. The van der Waals surface area contributed by atoms with E-state index in [9.17, 15) is 9.90 Å². The molecule has 1 aromatic heterocycles. The van der Waals surface area contributed by atoms with Gasteiger partial charge in [-0.2, -0.15) is 0 Å². The van der Waals surface area contributed by atoms with Gasteiger partial charge in [0, 0.05) is 17.2 Å². The Hall–Kier alpha value is -1.70. The molecular formula is C16H16Cl2N4O2S. The van der Waals surface area contributed by atoms with E-state index >= 15 is 0 Å². The number of aromatic hydroxyl groups is 1. The van der Waals surface area contributed by atoms with Crippen LogP contribution in [0.25, 0.3) is 11.3 Å². The topological polar surface area (TPSA) is 101 Å². The summed E-state index contributed by atoms with van der Waals surface area (Å²) in [5.74, 6) is -0.0870. The molecule has 1 aliphatic rings. The zero-order valence-electron chi connectivity index (χ0n) is 13.5. The van der Waals surface area contributed by atoms with E-state index in [0.717, 1.165) is 5.56 Å². The van der Waals surface area contributed by atoms with Gasteiger partial charge in [0.05, 0.1) is 21.0 Å². The van der Waals surface area contributed by atoms with Gasteiger partial charge in [-0.3, -0.25) is 4.79 Å². The lowest BCUT2D eigenvalue weighted by molar-refractivity contribution is -0.121. The van der Waals surface area contributed by atoms with E-state index in [2.05, 4.69) is 15.3 Å². The summed E-state index contributed by atoms with van der Waals surface area (Å²) in [6.45, 7) is 3.81. The van der Waals surface area contributed by atoms with Gasteiger partial charge >= 0.3 is 0 Å². The number of nitrogens with one attached hydrogen (secondary N) is 1. The number of nitrogens with zero attached hydrogens (tertiary/aromatic N) is 2. The number of anilines is 1. The third-order valence-electron chi connectivity index (χ3n) is 3.64. The second-order valence-corrected chi connectivity index (χ2v) is 7.98. The summed E-state index contributed by atoms with van der Waals surface area (Å²) in [6, 6.07) is 2.94. The first-order chi connectivity index (χ1) is 11.8. The van der Waals surface area contributed by atoms with Gasteiger partial charge in [-0.1, -0.05) is 35.0 Å². The maximum Gasteiger partial charge on any atom is 0.234 e. The van der Waals surface area contributed by atoms with Crippen LogP contribution >= 0.6 is 35.0 Å². The number of carbonyl (C=O) groups is 1. The van der Waals surface area contributed by atoms with E-state index in [-0.39, 0.29) is 33.9 Å². The van der Waals surface area contributed by atoms with E-state index in [0.29, 0.717) is 27.7 Å². The fourth-order valence-electron chi connectivity index (χ4n) is 2.59. The molecule has 9 heteroatoms. The van der Waals surface area contributed by atoms with Crippen LogP contribution < -0.4 is 11.1 Å². The van der Waals surface area contributed by atoms with Crippen molar-refractivity contribution in [1.82, 2.24) is 15.3 Å². The minimum absolute atomic E-state index is 0.0510. The molecule has 2 heterocycles. The van der Waals surface area contributed by atoms with Crippen molar-refractivity contribution in [2.24, 2.45) is 0 Å². The molecule has 25 heavy (non-hydrogen) atoms. The number of aromatic nitrogens is 2. The van der Waals surface area contributed by atoms with Crippen molar-refractivity contribution in [2.45, 2.75) is 36.6 Å². The van der Waals surface area contributed by atoms with Crippen molar-refractivity contribution in [3.05, 3.63) is 27.7 Å². The molecule has 0 radical (unpaired) electrons. The molecular weight excluding hydrogens is 383 g/mol. The number of halogens is 2. The summed E-state index contributed by atoms with van der Waals surface area (Å²) in [5.41, 5.74) is 7.61. The Labute approximate surface area is 159 Å². The first-order valence-electron chi connectivity index (χ1n) is 7.58. The number of benzene rings is 1. The smallest absolute Gasteiger partial charge is 0.234 e. The molecule has 4 N–H and O–H groups in total. The van der Waals surface area contributed by atoms with Crippen molar-refractivity contribution in [3.8, 4) is 17.0 Å². The van der Waals surface area contributed by atoms with Gasteiger partial charge in [-0.05, 0) is 32.4 Å². The Morgan fingerprint density at radius 2 is 2.08 bits per heavy atom. The van der Waals surface area contributed by atoms with E-state index in [4.69, 9.17) is 28.9 Å². The standard InChI is InChI=1S/C16H16Cl2N4O2S/c1-6(2)20-14(24)12-4-8-13(21-16(19)22-15(8)25-12)7-3-11(23)10(18)5-9(7)17/h3,5-6,12,23H,4H2,1-2H3,(H,20,24)(H2,19,21,22). The molecule has 6 nitrogen and oxygen atoms in total. The molecule has 0 saturated heterocycles. The van der Waals surface area contributed by atoms with Crippen LogP contribution in [0, 0.1) is 0 Å². The van der Waals surface area contributed by atoms with Crippen LogP contribution in [-0.2, 0) is 11.2 Å². The predicted octanol–water partition coefficient (Wildman–Crippen LogP) is 3.28. The number of hydrogen-bond donors (Lipinski definition) is 3. The Balaban J connectivity index is 2.03. The predicted molar refractivity (Wildman–Crippen MR) is 100 cm³/mol. The molecule has 1 aliphatic heterocycles. The molecule has 2 aromatic rings. The average Bonchev–Trinajstić information content (AvgIpc) is 2.93. The first-order valence-corrected chi connectivity index (χ1v) is 9.21. The largest absolute Gasteiger partial charge is 0.506 e. The normalized spacial score (nSPS) is 16.1. The zero-order chi connectivity index (χ0) is 18.3. The third-order valence-corrected chi connectivity index (χ3v) is 5.49. The second kappa shape index (κ2) is 6.90. The SMILES string of the molecule is CC(C)NC(=O)C1Cc2c(nc(N)nc2-c2cc(O)c(Cl)cc2Cl)S1. The van der Waals surface area contributed by atoms with Crippen LogP contribution in [0.4, 0.5) is 5.95 Å². The average molecular weight is 399 g/mol. The quantitative estimate of drug-likeness (QED) is 0.685. The number of nitrogens with two attached hydrogens (primary N) is 1. The molecule has 132 valence electrons. The van der Waals surface area contributed by atoms with Gasteiger partial charge < -0.3 is 16.2 Å². The number of nitrogen functional groups attached to an aromatic ring is 1. The van der Waals surface area contributed by atoms with Crippen LogP contribution in [0.5, 0.6) is 5.75 Å². The number of hydrogen-bond acceptors (Lipinski definition) is 6. The molecule has 0 bridgehead atoms. The van der Waals surface area contributed by atoms with E-state index in [1.165, 1.54) is 23.9 Å². The summed E-state index contributed by atoms with van der Waals surface area (Å²) in [5, 5.41) is 13.6. The van der Waals surface area contributed by atoms with E-state index in [1.807, 2.05) is 13.8 Å². The van der Waals surface area contributed by atoms with Gasteiger partial charge in [-0.25, -0.2) is 9.97 Å². The highest BCUT2D eigenvalue weighted by atomic mass is 35.5. The molecule has 0 spiro atoms. The summed E-state index contributed by atoms with van der Waals surface area (Å²) in [7, 11) is 0. The fraction of sp³-hybridized carbons (Fsp3) is 0.312. The summed E-state index contributed by atoms with van der Waals surface area (Å²) in [4.78, 5) is 20.9. The monoisotopic (exact) mass is 398 g/mol. The van der Waals surface area contributed by atoms with E-state index in [1.54, 1.807) is 0 Å². The van der Waals surface area contributed by atoms with Crippen LogP contribution in [0.3, 0.4) is 0 Å². The fourth-order valence-corrected chi connectivity index (χ4v) is 4.22. The number of phenols is 1. The maximum absolute atomic E-state index is 12.3. The first kappa shape index (κ1) is 18.1. The van der Waals surface area contributed by atoms with Crippen molar-refractivity contribution in [1.29, 1.82) is 0 Å². The molecule has 1 atom stereocenters. The highest BCUT2D eigenvalue weighted by molar-refractivity contribution is 8.00. The van der Waals surface area contributed by atoms with Crippen LogP contribution in [-0.4, -0.2) is 32.3 Å². The Kier molecular flexibility index (Phi) is 4.99. The molecule has 0 saturated carbocycles. The summed E-state index contributed by atoms with van der Waals surface area (Å²) >= 11 is 13.5. The van der Waals surface area contributed by atoms with Crippen molar-refractivity contribution >= 4 is 46.8 Å². The lowest BCUT2D eigenvalue weighted by Crippen LogP contribution is -2.37. The maximum atomic E-state index is 12.3. The Morgan fingerprint density at radius 1 is 1.36 bits per heavy atom. The van der Waals surface area contributed by atoms with Crippen LogP contribution in [0.1, 0.15) is 19.4 Å². The molecule has 1 amide bonds. The van der Waals surface area contributed by atoms with Crippen molar-refractivity contribution < 1.29 is 9.90 Å². The van der Waals surface area contributed by atoms with Crippen molar-refractivity contribution in [2.75, 3.05) is 5.73 Å². The van der Waals surface area contributed by atoms with Crippen LogP contribution in [0.2, 0.25) is 10.0 Å². The number of phenolic OH excluding ortho intramolecular Hbond substituents is 1. The minimum Gasteiger partial charge on any atom is -0.506 e. The second-order valence-electron chi connectivity index (χ2n) is 5.97. The highest BCUT2D eigenvalue weighted by Crippen LogP contribution is 2.43. The molecule has 0 fully saturated rings. The number of carbonyl (C=O) groups excluding carboxylic acids is 1. The number of thioether (sulfide) groups is 1. The lowest BCUT2D eigenvalue weighted by atomic mass is 10.0. The van der Waals surface area contributed by atoms with E-state index < -0.39 is 0 Å². The number of rotatable bonds is 3. The Morgan fingerprint density at radius 3 is 2.76 bits per heavy atom. The Bertz CT molecular complexity index is 861. The molecule has 1 unspecified atom stereocenters.